The molecule has 0 unspecified atom stereocenters. The zero-order valence-corrected chi connectivity index (χ0v) is 13.7. The number of rotatable bonds is 3. The highest BCUT2D eigenvalue weighted by Crippen LogP contribution is 2.37. The molecule has 0 spiro atoms. The smallest absolute Gasteiger partial charge is 0.191 e. The van der Waals surface area contributed by atoms with E-state index in [4.69, 9.17) is 15.5 Å². The zero-order valence-electron chi connectivity index (χ0n) is 12.9. The van der Waals surface area contributed by atoms with Gasteiger partial charge in [-0.25, -0.2) is 0 Å². The maximum absolute atomic E-state index is 6.21. The average Bonchev–Trinajstić information content (AvgIpc) is 3.04. The quantitative estimate of drug-likeness (QED) is 0.622. The van der Waals surface area contributed by atoms with Crippen molar-refractivity contribution in [1.82, 2.24) is 9.80 Å². The van der Waals surface area contributed by atoms with Crippen molar-refractivity contribution < 1.29 is 4.74 Å². The zero-order chi connectivity index (χ0) is 14.5. The third kappa shape index (κ3) is 3.66. The van der Waals surface area contributed by atoms with E-state index in [1.54, 1.807) is 0 Å². The van der Waals surface area contributed by atoms with Crippen LogP contribution < -0.4 is 5.73 Å². The van der Waals surface area contributed by atoms with Crippen molar-refractivity contribution in [3.63, 3.8) is 0 Å². The number of nitrogens with zero attached hydrogens (tertiary/aromatic N) is 3. The second-order valence-electron chi connectivity index (χ2n) is 6.30. The molecule has 0 atom stereocenters. The van der Waals surface area contributed by atoms with Gasteiger partial charge in [-0.2, -0.15) is 11.8 Å². The largest absolute Gasteiger partial charge is 0.378 e. The van der Waals surface area contributed by atoms with Crippen molar-refractivity contribution >= 4 is 17.7 Å². The summed E-state index contributed by atoms with van der Waals surface area (Å²) in [6, 6.07) is 0. The lowest BCUT2D eigenvalue weighted by Gasteiger charge is -2.42. The maximum Gasteiger partial charge on any atom is 0.191 e. The van der Waals surface area contributed by atoms with Crippen LogP contribution in [0.5, 0.6) is 0 Å². The summed E-state index contributed by atoms with van der Waals surface area (Å²) in [7, 11) is 0. The Labute approximate surface area is 132 Å². The summed E-state index contributed by atoms with van der Waals surface area (Å²) in [6.07, 6.45) is 5.27. The van der Waals surface area contributed by atoms with Gasteiger partial charge in [0.05, 0.1) is 19.8 Å². The lowest BCUT2D eigenvalue weighted by atomic mass is 9.95. The van der Waals surface area contributed by atoms with E-state index in [2.05, 4.69) is 21.6 Å². The molecule has 120 valence electrons. The van der Waals surface area contributed by atoms with E-state index in [0.717, 1.165) is 38.8 Å². The first kappa shape index (κ1) is 15.4. The first-order chi connectivity index (χ1) is 10.3. The minimum Gasteiger partial charge on any atom is -0.378 e. The average molecular weight is 312 g/mol. The van der Waals surface area contributed by atoms with E-state index in [1.807, 2.05) is 0 Å². The molecule has 0 radical (unpaired) electrons. The number of guanidine groups is 1. The number of nitrogens with two attached hydrogens (primary N) is 1. The van der Waals surface area contributed by atoms with Crippen LogP contribution in [0.3, 0.4) is 0 Å². The Morgan fingerprint density at radius 3 is 2.43 bits per heavy atom. The van der Waals surface area contributed by atoms with Gasteiger partial charge in [-0.1, -0.05) is 12.8 Å². The SMILES string of the molecule is NC(=NCC1(N2CCSCC2)CCCC1)N1CCOCC1. The Kier molecular flexibility index (Phi) is 5.29. The van der Waals surface area contributed by atoms with Gasteiger partial charge in [-0.15, -0.1) is 0 Å². The molecular formula is C15H28N4OS. The summed E-state index contributed by atoms with van der Waals surface area (Å²) in [5.41, 5.74) is 6.50. The van der Waals surface area contributed by atoms with Crippen LogP contribution in [0.2, 0.25) is 0 Å². The molecule has 21 heavy (non-hydrogen) atoms. The van der Waals surface area contributed by atoms with Crippen LogP contribution in [-0.2, 0) is 4.74 Å². The van der Waals surface area contributed by atoms with Crippen molar-refractivity contribution in [3.05, 3.63) is 0 Å². The van der Waals surface area contributed by atoms with E-state index < -0.39 is 0 Å². The molecule has 2 saturated heterocycles. The van der Waals surface area contributed by atoms with Crippen LogP contribution in [0.1, 0.15) is 25.7 Å². The predicted molar refractivity (Wildman–Crippen MR) is 89.0 cm³/mol. The fraction of sp³-hybridized carbons (Fsp3) is 0.933. The van der Waals surface area contributed by atoms with Crippen molar-refractivity contribution in [2.75, 3.05) is 57.4 Å². The van der Waals surface area contributed by atoms with Crippen LogP contribution in [-0.4, -0.2) is 78.7 Å². The number of ether oxygens (including phenoxy) is 1. The number of hydrogen-bond acceptors (Lipinski definition) is 4. The Hall–Kier alpha value is -0.460. The van der Waals surface area contributed by atoms with Crippen molar-refractivity contribution in [1.29, 1.82) is 0 Å². The third-order valence-corrected chi connectivity index (χ3v) is 6.03. The van der Waals surface area contributed by atoms with E-state index >= 15 is 0 Å². The lowest BCUT2D eigenvalue weighted by Crippen LogP contribution is -2.53. The highest BCUT2D eigenvalue weighted by molar-refractivity contribution is 7.99. The minimum absolute atomic E-state index is 0.290. The predicted octanol–water partition coefficient (Wildman–Crippen LogP) is 0.995. The summed E-state index contributed by atoms with van der Waals surface area (Å²) < 4.78 is 5.38. The van der Waals surface area contributed by atoms with Gasteiger partial charge in [0, 0.05) is 43.2 Å². The second-order valence-corrected chi connectivity index (χ2v) is 7.53. The Morgan fingerprint density at radius 2 is 1.76 bits per heavy atom. The van der Waals surface area contributed by atoms with E-state index in [0.29, 0.717) is 0 Å². The lowest BCUT2D eigenvalue weighted by molar-refractivity contribution is 0.0668. The van der Waals surface area contributed by atoms with Gasteiger partial charge < -0.3 is 15.4 Å². The fourth-order valence-electron chi connectivity index (χ4n) is 3.77. The number of hydrogen-bond donors (Lipinski definition) is 1. The summed E-state index contributed by atoms with van der Waals surface area (Å²) in [5.74, 6) is 3.26. The van der Waals surface area contributed by atoms with Crippen LogP contribution in [0.4, 0.5) is 0 Å². The molecule has 3 rings (SSSR count). The Morgan fingerprint density at radius 1 is 1.10 bits per heavy atom. The molecule has 0 bridgehead atoms. The molecule has 0 aromatic carbocycles. The number of thioether (sulfide) groups is 1. The molecule has 3 aliphatic rings. The molecule has 0 amide bonds. The second kappa shape index (κ2) is 7.20. The van der Waals surface area contributed by atoms with Gasteiger partial charge in [0.15, 0.2) is 5.96 Å². The molecule has 0 aromatic rings. The number of aliphatic imine (C=N–C) groups is 1. The van der Waals surface area contributed by atoms with Gasteiger partial charge in [0.1, 0.15) is 0 Å². The van der Waals surface area contributed by atoms with Crippen LogP contribution in [0.25, 0.3) is 0 Å². The monoisotopic (exact) mass is 312 g/mol. The first-order valence-electron chi connectivity index (χ1n) is 8.26. The van der Waals surface area contributed by atoms with E-state index in [1.165, 1.54) is 50.3 Å². The van der Waals surface area contributed by atoms with E-state index in [-0.39, 0.29) is 5.54 Å². The van der Waals surface area contributed by atoms with Crippen molar-refractivity contribution in [3.8, 4) is 0 Å². The molecule has 1 saturated carbocycles. The first-order valence-corrected chi connectivity index (χ1v) is 9.41. The number of morpholine rings is 1. The summed E-state index contributed by atoms with van der Waals surface area (Å²) in [5, 5.41) is 0. The van der Waals surface area contributed by atoms with Gasteiger partial charge in [0.2, 0.25) is 0 Å². The molecular weight excluding hydrogens is 284 g/mol. The maximum atomic E-state index is 6.21. The van der Waals surface area contributed by atoms with Gasteiger partial charge >= 0.3 is 0 Å². The highest BCUT2D eigenvalue weighted by Gasteiger charge is 2.39. The minimum atomic E-state index is 0.290. The standard InChI is InChI=1S/C15H28N4OS/c16-14(18-5-9-20-10-6-18)17-13-15(3-1-2-4-15)19-7-11-21-12-8-19/h1-13H2,(H2,16,17). The van der Waals surface area contributed by atoms with Crippen molar-refractivity contribution in [2.45, 2.75) is 31.2 Å². The summed E-state index contributed by atoms with van der Waals surface area (Å²) in [4.78, 5) is 9.66. The van der Waals surface area contributed by atoms with Gasteiger partial charge in [-0.05, 0) is 12.8 Å². The van der Waals surface area contributed by atoms with Gasteiger partial charge in [0.25, 0.3) is 0 Å². The highest BCUT2D eigenvalue weighted by atomic mass is 32.2. The molecule has 2 N–H and O–H groups in total. The normalized spacial score (nSPS) is 28.0. The third-order valence-electron chi connectivity index (χ3n) is 5.09. The molecule has 1 aliphatic carbocycles. The molecule has 5 nitrogen and oxygen atoms in total. The Balaban J connectivity index is 1.64. The van der Waals surface area contributed by atoms with Crippen LogP contribution in [0, 0.1) is 0 Å². The van der Waals surface area contributed by atoms with Crippen molar-refractivity contribution in [2.24, 2.45) is 10.7 Å². The van der Waals surface area contributed by atoms with Gasteiger partial charge in [-0.3, -0.25) is 9.89 Å². The Bertz CT molecular complexity index is 359. The topological polar surface area (TPSA) is 54.1 Å². The van der Waals surface area contributed by atoms with E-state index in [9.17, 15) is 0 Å². The molecule has 6 heteroatoms. The fourth-order valence-corrected chi connectivity index (χ4v) is 4.67. The summed E-state index contributed by atoms with van der Waals surface area (Å²) >= 11 is 2.08. The summed E-state index contributed by atoms with van der Waals surface area (Å²) in [6.45, 7) is 6.61. The molecule has 2 heterocycles. The molecule has 2 aliphatic heterocycles. The molecule has 3 fully saturated rings. The molecule has 0 aromatic heterocycles. The van der Waals surface area contributed by atoms with Crippen LogP contribution >= 0.6 is 11.8 Å². The van der Waals surface area contributed by atoms with Crippen LogP contribution in [0.15, 0.2) is 4.99 Å².